The fourth-order valence-electron chi connectivity index (χ4n) is 3.55. The molecule has 0 bridgehead atoms. The van der Waals surface area contributed by atoms with Gasteiger partial charge in [0, 0.05) is 25.3 Å². The predicted molar refractivity (Wildman–Crippen MR) is 136 cm³/mol. The topological polar surface area (TPSA) is 137 Å². The zero-order chi connectivity index (χ0) is 27.8. The Morgan fingerprint density at radius 3 is 1.95 bits per heavy atom. The summed E-state index contributed by atoms with van der Waals surface area (Å²) < 4.78 is 21.0. The summed E-state index contributed by atoms with van der Waals surface area (Å²) in [7, 11) is 0. The number of unbranched alkanes of at least 4 members (excludes halogenated alkanes) is 4. The predicted octanol–water partition coefficient (Wildman–Crippen LogP) is 5.15. The number of hydrogen-bond donors (Lipinski definition) is 2. The number of benzene rings is 1. The zero-order valence-corrected chi connectivity index (χ0v) is 22.6. The first-order valence-corrected chi connectivity index (χ1v) is 13.0. The highest BCUT2D eigenvalue weighted by molar-refractivity contribution is 5.81. The van der Waals surface area contributed by atoms with Crippen molar-refractivity contribution in [3.05, 3.63) is 23.8 Å². The van der Waals surface area contributed by atoms with Gasteiger partial charge in [0.15, 0.2) is 11.5 Å². The molecule has 0 saturated heterocycles. The SMILES string of the molecule is CCCCCC(=O)Oc1ccc(C[C@](NC(C)C)(OC(=O)OCC)C(=O)O)cc1OC(=O)CCCCC. The number of carboxylic acids is 1. The number of aliphatic carboxylic acids is 1. The minimum absolute atomic E-state index is 0.00661. The number of ether oxygens (including phenoxy) is 4. The van der Waals surface area contributed by atoms with Gasteiger partial charge in [-0.2, -0.15) is 0 Å². The van der Waals surface area contributed by atoms with Crippen molar-refractivity contribution < 1.29 is 43.2 Å². The van der Waals surface area contributed by atoms with E-state index in [9.17, 15) is 24.3 Å². The molecular weight excluding hydrogens is 482 g/mol. The maximum atomic E-state index is 12.4. The molecule has 0 saturated carbocycles. The summed E-state index contributed by atoms with van der Waals surface area (Å²) in [6.45, 7) is 9.03. The van der Waals surface area contributed by atoms with Crippen molar-refractivity contribution in [3.63, 3.8) is 0 Å². The van der Waals surface area contributed by atoms with Crippen LogP contribution in [-0.2, 0) is 30.3 Å². The van der Waals surface area contributed by atoms with Crippen LogP contribution in [0.4, 0.5) is 4.79 Å². The molecule has 0 spiro atoms. The van der Waals surface area contributed by atoms with Crippen LogP contribution in [0, 0.1) is 0 Å². The van der Waals surface area contributed by atoms with Gasteiger partial charge in [-0.25, -0.2) is 9.59 Å². The third kappa shape index (κ3) is 11.6. The second-order valence-corrected chi connectivity index (χ2v) is 9.04. The van der Waals surface area contributed by atoms with Crippen LogP contribution in [-0.4, -0.2) is 47.5 Å². The van der Waals surface area contributed by atoms with Crippen molar-refractivity contribution in [1.29, 1.82) is 0 Å². The van der Waals surface area contributed by atoms with Crippen LogP contribution in [0.2, 0.25) is 0 Å². The average molecular weight is 524 g/mol. The molecule has 10 nitrogen and oxygen atoms in total. The first kappa shape index (κ1) is 31.9. The van der Waals surface area contributed by atoms with E-state index in [1.807, 2.05) is 13.8 Å². The fourth-order valence-corrected chi connectivity index (χ4v) is 3.55. The molecule has 0 fully saturated rings. The average Bonchev–Trinajstić information content (AvgIpc) is 2.80. The van der Waals surface area contributed by atoms with Crippen molar-refractivity contribution in [2.75, 3.05) is 6.61 Å². The van der Waals surface area contributed by atoms with Crippen molar-refractivity contribution >= 4 is 24.1 Å². The molecule has 0 amide bonds. The smallest absolute Gasteiger partial charge is 0.477 e. The van der Waals surface area contributed by atoms with Crippen molar-refractivity contribution in [2.45, 2.75) is 104 Å². The normalized spacial score (nSPS) is 12.5. The third-order valence-corrected chi connectivity index (χ3v) is 5.26. The number of nitrogens with one attached hydrogen (secondary N) is 1. The summed E-state index contributed by atoms with van der Waals surface area (Å²) in [4.78, 5) is 49.1. The number of carboxylic acid groups (broad SMARTS) is 1. The maximum absolute atomic E-state index is 12.4. The largest absolute Gasteiger partial charge is 0.510 e. The quantitative estimate of drug-likeness (QED) is 0.122. The van der Waals surface area contributed by atoms with E-state index in [1.165, 1.54) is 18.2 Å². The van der Waals surface area contributed by atoms with E-state index in [-0.39, 0.29) is 43.4 Å². The highest BCUT2D eigenvalue weighted by Crippen LogP contribution is 2.31. The molecule has 208 valence electrons. The second-order valence-electron chi connectivity index (χ2n) is 9.04. The number of hydrogen-bond acceptors (Lipinski definition) is 9. The third-order valence-electron chi connectivity index (χ3n) is 5.26. The van der Waals surface area contributed by atoms with E-state index in [0.717, 1.165) is 25.7 Å². The van der Waals surface area contributed by atoms with Gasteiger partial charge in [-0.3, -0.25) is 14.9 Å². The van der Waals surface area contributed by atoms with E-state index in [4.69, 9.17) is 18.9 Å². The van der Waals surface area contributed by atoms with Crippen molar-refractivity contribution in [1.82, 2.24) is 5.32 Å². The van der Waals surface area contributed by atoms with Crippen LogP contribution in [0.1, 0.15) is 91.5 Å². The van der Waals surface area contributed by atoms with Gasteiger partial charge in [-0.1, -0.05) is 45.6 Å². The molecule has 1 rings (SSSR count). The van der Waals surface area contributed by atoms with Crippen LogP contribution in [0.5, 0.6) is 11.5 Å². The first-order chi connectivity index (χ1) is 17.6. The molecule has 10 heteroatoms. The Morgan fingerprint density at radius 1 is 0.892 bits per heavy atom. The molecule has 0 radical (unpaired) electrons. The number of esters is 2. The molecule has 0 aromatic heterocycles. The molecule has 0 aliphatic rings. The van der Waals surface area contributed by atoms with Crippen LogP contribution < -0.4 is 14.8 Å². The van der Waals surface area contributed by atoms with Gasteiger partial charge in [0.2, 0.25) is 0 Å². The number of rotatable bonds is 17. The summed E-state index contributed by atoms with van der Waals surface area (Å²) in [6.07, 6.45) is 3.89. The Labute approximate surface area is 219 Å². The molecule has 37 heavy (non-hydrogen) atoms. The lowest BCUT2D eigenvalue weighted by atomic mass is 10.0. The van der Waals surface area contributed by atoms with Gasteiger partial charge in [0.05, 0.1) is 6.61 Å². The van der Waals surface area contributed by atoms with Gasteiger partial charge in [-0.15, -0.1) is 0 Å². The van der Waals surface area contributed by atoms with Crippen LogP contribution >= 0.6 is 0 Å². The molecule has 0 aliphatic heterocycles. The summed E-state index contributed by atoms with van der Waals surface area (Å²) >= 11 is 0. The van der Waals surface area contributed by atoms with Gasteiger partial charge < -0.3 is 24.1 Å². The molecule has 1 atom stereocenters. The molecule has 0 heterocycles. The minimum atomic E-state index is -2.15. The molecule has 0 unspecified atom stereocenters. The number of carbonyl (C=O) groups is 4. The molecule has 0 aliphatic carbocycles. The Bertz CT molecular complexity index is 900. The van der Waals surface area contributed by atoms with Gasteiger partial charge in [0.25, 0.3) is 5.72 Å². The Kier molecular flexibility index (Phi) is 14.3. The van der Waals surface area contributed by atoms with Crippen molar-refractivity contribution in [3.8, 4) is 11.5 Å². The standard InChI is InChI=1S/C27H41NO9/c1-6-9-11-13-23(29)35-21-16-15-20(17-22(21)36-24(30)14-12-10-7-2)18-27(25(31)32,28-19(4)5)37-26(33)34-8-3/h15-17,19,28H,6-14,18H2,1-5H3,(H,31,32)/t27-/m0/s1. The lowest BCUT2D eigenvalue weighted by Crippen LogP contribution is -2.59. The Balaban J connectivity index is 3.31. The highest BCUT2D eigenvalue weighted by Gasteiger charge is 2.44. The number of carbonyl (C=O) groups excluding carboxylic acids is 3. The summed E-state index contributed by atoms with van der Waals surface area (Å²) in [5, 5.41) is 12.8. The second kappa shape index (κ2) is 16.6. The zero-order valence-electron chi connectivity index (χ0n) is 22.6. The van der Waals surface area contributed by atoms with E-state index in [1.54, 1.807) is 20.8 Å². The van der Waals surface area contributed by atoms with E-state index in [2.05, 4.69) is 5.32 Å². The molecule has 1 aromatic rings. The first-order valence-electron chi connectivity index (χ1n) is 13.0. The summed E-state index contributed by atoms with van der Waals surface area (Å²) in [5.74, 6) is -2.35. The van der Waals surface area contributed by atoms with Gasteiger partial charge in [-0.05, 0) is 51.3 Å². The van der Waals surface area contributed by atoms with E-state index < -0.39 is 29.8 Å². The minimum Gasteiger partial charge on any atom is -0.477 e. The van der Waals surface area contributed by atoms with E-state index in [0.29, 0.717) is 18.4 Å². The fraction of sp³-hybridized carbons (Fsp3) is 0.630. The van der Waals surface area contributed by atoms with Gasteiger partial charge in [0.1, 0.15) is 0 Å². The van der Waals surface area contributed by atoms with Gasteiger partial charge >= 0.3 is 24.1 Å². The molecule has 2 N–H and O–H groups in total. The summed E-state index contributed by atoms with van der Waals surface area (Å²) in [6, 6.07) is 4.01. The highest BCUT2D eigenvalue weighted by atomic mass is 16.7. The molecule has 1 aromatic carbocycles. The Morgan fingerprint density at radius 2 is 1.46 bits per heavy atom. The lowest BCUT2D eigenvalue weighted by molar-refractivity contribution is -0.166. The summed E-state index contributed by atoms with van der Waals surface area (Å²) in [5.41, 5.74) is -1.79. The maximum Gasteiger partial charge on any atom is 0.510 e. The van der Waals surface area contributed by atoms with Crippen LogP contribution in [0.25, 0.3) is 0 Å². The van der Waals surface area contributed by atoms with Crippen molar-refractivity contribution in [2.24, 2.45) is 0 Å². The Hall–Kier alpha value is -3.14. The van der Waals surface area contributed by atoms with Crippen LogP contribution in [0.15, 0.2) is 18.2 Å². The lowest BCUT2D eigenvalue weighted by Gasteiger charge is -2.31. The van der Waals surface area contributed by atoms with Crippen LogP contribution in [0.3, 0.4) is 0 Å². The van der Waals surface area contributed by atoms with E-state index >= 15 is 0 Å². The monoisotopic (exact) mass is 523 g/mol. The molecular formula is C27H41NO9.